The summed E-state index contributed by atoms with van der Waals surface area (Å²) in [5.41, 5.74) is 1.62. The van der Waals surface area contributed by atoms with E-state index in [1.807, 2.05) is 0 Å². The first-order valence-electron chi connectivity index (χ1n) is 6.02. The highest BCUT2D eigenvalue weighted by molar-refractivity contribution is 6.72. The van der Waals surface area contributed by atoms with E-state index in [4.69, 9.17) is 8.85 Å². The molecule has 0 heterocycles. The summed E-state index contributed by atoms with van der Waals surface area (Å²) in [4.78, 5) is 0. The first-order chi connectivity index (χ1) is 6.74. The van der Waals surface area contributed by atoms with Crippen LogP contribution in [0.3, 0.4) is 0 Å². The molecule has 2 nitrogen and oxygen atoms in total. The normalized spacial score (nSPS) is 31.9. The molecule has 0 aliphatic heterocycles. The van der Waals surface area contributed by atoms with Crippen LogP contribution in [0.1, 0.15) is 40.0 Å². The molecule has 0 amide bonds. The highest BCUT2D eigenvalue weighted by atomic mass is 28.4. The van der Waals surface area contributed by atoms with Crippen LogP contribution in [0.4, 0.5) is 0 Å². The van der Waals surface area contributed by atoms with Crippen molar-refractivity contribution in [2.24, 2.45) is 5.92 Å². The molecule has 2 saturated carbocycles. The third-order valence-electron chi connectivity index (χ3n) is 3.51. The van der Waals surface area contributed by atoms with Crippen LogP contribution in [0.15, 0.2) is 0 Å². The predicted octanol–water partition coefficient (Wildman–Crippen LogP) is 3.08. The van der Waals surface area contributed by atoms with Gasteiger partial charge in [-0.05, 0) is 39.0 Å². The molecule has 0 saturated heterocycles. The molecule has 0 N–H and O–H groups in total. The Labute approximate surface area is 88.2 Å². The standard InChI is InChI=1S/C11H22O2Si/c1-4-12-14(13-5-2,10-6-7-10)11-8-9(11)3/h9-11H,4-8H2,1-3H3. The van der Waals surface area contributed by atoms with Crippen molar-refractivity contribution in [2.45, 2.75) is 51.1 Å². The zero-order valence-electron chi connectivity index (χ0n) is 9.58. The molecule has 82 valence electrons. The van der Waals surface area contributed by atoms with Crippen LogP contribution in [-0.4, -0.2) is 21.8 Å². The zero-order valence-corrected chi connectivity index (χ0v) is 10.6. The highest BCUT2D eigenvalue weighted by Gasteiger charge is 2.63. The lowest BCUT2D eigenvalue weighted by Gasteiger charge is -2.30. The van der Waals surface area contributed by atoms with E-state index in [-0.39, 0.29) is 0 Å². The second-order valence-corrected chi connectivity index (χ2v) is 8.26. The minimum Gasteiger partial charge on any atom is -0.394 e. The number of hydrogen-bond acceptors (Lipinski definition) is 2. The van der Waals surface area contributed by atoms with Crippen molar-refractivity contribution < 1.29 is 8.85 Å². The summed E-state index contributed by atoms with van der Waals surface area (Å²) in [5, 5.41) is 0. The van der Waals surface area contributed by atoms with Crippen molar-refractivity contribution in [1.29, 1.82) is 0 Å². The molecular formula is C11H22O2Si. The number of hydrogen-bond donors (Lipinski definition) is 0. The summed E-state index contributed by atoms with van der Waals surface area (Å²) in [6.07, 6.45) is 4.06. The summed E-state index contributed by atoms with van der Waals surface area (Å²) in [6, 6.07) is 0. The van der Waals surface area contributed by atoms with Gasteiger partial charge < -0.3 is 8.85 Å². The maximum atomic E-state index is 6.10. The molecule has 2 atom stereocenters. The Kier molecular flexibility index (Phi) is 3.00. The van der Waals surface area contributed by atoms with Gasteiger partial charge in [-0.3, -0.25) is 0 Å². The van der Waals surface area contributed by atoms with Gasteiger partial charge in [0.05, 0.1) is 0 Å². The van der Waals surface area contributed by atoms with Crippen LogP contribution in [0.5, 0.6) is 0 Å². The fourth-order valence-corrected chi connectivity index (χ4v) is 7.57. The fraction of sp³-hybridized carbons (Fsp3) is 1.00. The van der Waals surface area contributed by atoms with Crippen LogP contribution in [-0.2, 0) is 8.85 Å². The minimum absolute atomic E-state index is 0.801. The van der Waals surface area contributed by atoms with E-state index in [0.29, 0.717) is 0 Å². The third kappa shape index (κ3) is 1.77. The van der Waals surface area contributed by atoms with Gasteiger partial charge in [-0.1, -0.05) is 6.92 Å². The van der Waals surface area contributed by atoms with Crippen LogP contribution in [0.2, 0.25) is 11.1 Å². The molecule has 0 radical (unpaired) electrons. The molecule has 2 aliphatic rings. The van der Waals surface area contributed by atoms with Crippen molar-refractivity contribution in [2.75, 3.05) is 13.2 Å². The van der Waals surface area contributed by atoms with Crippen LogP contribution in [0, 0.1) is 5.92 Å². The van der Waals surface area contributed by atoms with Gasteiger partial charge in [-0.25, -0.2) is 0 Å². The van der Waals surface area contributed by atoms with Gasteiger partial charge in [0, 0.05) is 24.3 Å². The van der Waals surface area contributed by atoms with Crippen LogP contribution >= 0.6 is 0 Å². The van der Waals surface area contributed by atoms with E-state index in [1.165, 1.54) is 19.3 Å². The summed E-state index contributed by atoms with van der Waals surface area (Å²) >= 11 is 0. The van der Waals surface area contributed by atoms with Crippen molar-refractivity contribution in [3.05, 3.63) is 0 Å². The molecule has 0 spiro atoms. The quantitative estimate of drug-likeness (QED) is 0.633. The fourth-order valence-electron chi connectivity index (χ4n) is 2.61. The van der Waals surface area contributed by atoms with E-state index >= 15 is 0 Å². The Bertz CT molecular complexity index is 197. The largest absolute Gasteiger partial charge is 0.394 e. The number of rotatable bonds is 6. The van der Waals surface area contributed by atoms with Gasteiger partial charge in [0.15, 0.2) is 0 Å². The zero-order chi connectivity index (χ0) is 10.2. The van der Waals surface area contributed by atoms with E-state index in [0.717, 1.165) is 30.2 Å². The average molecular weight is 214 g/mol. The van der Waals surface area contributed by atoms with Crippen molar-refractivity contribution in [1.82, 2.24) is 0 Å². The van der Waals surface area contributed by atoms with Gasteiger partial charge in [0.1, 0.15) is 0 Å². The lowest BCUT2D eigenvalue weighted by Crippen LogP contribution is -2.44. The first-order valence-corrected chi connectivity index (χ1v) is 7.99. The topological polar surface area (TPSA) is 18.5 Å². The Balaban J connectivity index is 2.06. The third-order valence-corrected chi connectivity index (χ3v) is 8.55. The molecule has 2 unspecified atom stereocenters. The van der Waals surface area contributed by atoms with Crippen molar-refractivity contribution in [3.63, 3.8) is 0 Å². The maximum Gasteiger partial charge on any atom is 0.344 e. The Hall–Kier alpha value is 0.137. The minimum atomic E-state index is -1.79. The molecule has 0 aromatic rings. The van der Waals surface area contributed by atoms with Crippen LogP contribution in [0.25, 0.3) is 0 Å². The average Bonchev–Trinajstić information content (AvgIpc) is 2.96. The molecule has 0 bridgehead atoms. The van der Waals surface area contributed by atoms with Gasteiger partial charge in [0.2, 0.25) is 0 Å². The summed E-state index contributed by atoms with van der Waals surface area (Å²) in [6.45, 7) is 8.23. The maximum absolute atomic E-state index is 6.10. The molecule has 2 aliphatic carbocycles. The summed E-state index contributed by atoms with van der Waals surface area (Å²) in [7, 11) is -1.79. The highest BCUT2D eigenvalue weighted by Crippen LogP contribution is 2.61. The molecule has 3 heteroatoms. The van der Waals surface area contributed by atoms with E-state index in [9.17, 15) is 0 Å². The van der Waals surface area contributed by atoms with E-state index in [1.54, 1.807) is 0 Å². The second-order valence-electron chi connectivity index (χ2n) is 4.68. The van der Waals surface area contributed by atoms with E-state index in [2.05, 4.69) is 20.8 Å². The second kappa shape index (κ2) is 3.95. The lowest BCUT2D eigenvalue weighted by atomic mass is 10.5. The molecule has 0 aromatic carbocycles. The molecular weight excluding hydrogens is 192 g/mol. The van der Waals surface area contributed by atoms with Gasteiger partial charge in [-0.2, -0.15) is 0 Å². The Morgan fingerprint density at radius 2 is 1.64 bits per heavy atom. The molecule has 2 fully saturated rings. The smallest absolute Gasteiger partial charge is 0.344 e. The van der Waals surface area contributed by atoms with Crippen molar-refractivity contribution in [3.8, 4) is 0 Å². The van der Waals surface area contributed by atoms with Crippen molar-refractivity contribution >= 4 is 8.56 Å². The van der Waals surface area contributed by atoms with Crippen LogP contribution < -0.4 is 0 Å². The van der Waals surface area contributed by atoms with E-state index < -0.39 is 8.56 Å². The summed E-state index contributed by atoms with van der Waals surface area (Å²) < 4.78 is 12.2. The predicted molar refractivity (Wildman–Crippen MR) is 59.5 cm³/mol. The SMILES string of the molecule is CCO[Si](OCC)(C1CC1)C1CC1C. The Morgan fingerprint density at radius 3 is 1.93 bits per heavy atom. The Morgan fingerprint density at radius 1 is 1.14 bits per heavy atom. The first kappa shape index (κ1) is 10.6. The van der Waals surface area contributed by atoms with Gasteiger partial charge >= 0.3 is 8.56 Å². The molecule has 0 aromatic heterocycles. The summed E-state index contributed by atoms with van der Waals surface area (Å²) in [5.74, 6) is 0.861. The monoisotopic (exact) mass is 214 g/mol. The van der Waals surface area contributed by atoms with Gasteiger partial charge in [0.25, 0.3) is 0 Å². The lowest BCUT2D eigenvalue weighted by molar-refractivity contribution is 0.177. The molecule has 14 heavy (non-hydrogen) atoms. The molecule has 2 rings (SSSR count). The van der Waals surface area contributed by atoms with Gasteiger partial charge in [-0.15, -0.1) is 0 Å².